The minimum absolute atomic E-state index is 0.0390. The van der Waals surface area contributed by atoms with Gasteiger partial charge in [-0.15, -0.1) is 5.10 Å². The normalized spacial score (nSPS) is 12.5. The van der Waals surface area contributed by atoms with Gasteiger partial charge in [0.25, 0.3) is 0 Å². The van der Waals surface area contributed by atoms with E-state index in [-0.39, 0.29) is 11.7 Å². The second kappa shape index (κ2) is 4.77. The standard InChI is InChI=1S/C9H16N4O2/c1-4-7(3)10-9-8(13(14)15)6-12(5-2)11-9/h6-7H,4-5H2,1-3H3,(H,10,11)/t7-/m0/s1. The Morgan fingerprint density at radius 2 is 2.33 bits per heavy atom. The minimum atomic E-state index is -0.413. The number of hydrogen-bond donors (Lipinski definition) is 1. The Balaban J connectivity index is 2.93. The molecular weight excluding hydrogens is 196 g/mol. The first-order chi connectivity index (χ1) is 7.08. The van der Waals surface area contributed by atoms with E-state index in [2.05, 4.69) is 10.4 Å². The lowest BCUT2D eigenvalue weighted by Gasteiger charge is -2.08. The van der Waals surface area contributed by atoms with Crippen LogP contribution in [0.2, 0.25) is 0 Å². The van der Waals surface area contributed by atoms with Gasteiger partial charge in [0.15, 0.2) is 0 Å². The Labute approximate surface area is 88.4 Å². The van der Waals surface area contributed by atoms with Gasteiger partial charge in [-0.2, -0.15) is 0 Å². The summed E-state index contributed by atoms with van der Waals surface area (Å²) in [6, 6.07) is 0.184. The number of nitrogens with zero attached hydrogens (tertiary/aromatic N) is 3. The fourth-order valence-corrected chi connectivity index (χ4v) is 1.14. The number of rotatable bonds is 5. The Bertz CT molecular complexity index is 348. The molecule has 84 valence electrons. The van der Waals surface area contributed by atoms with Crippen molar-refractivity contribution in [2.45, 2.75) is 39.8 Å². The van der Waals surface area contributed by atoms with Crippen LogP contribution in [0.1, 0.15) is 27.2 Å². The highest BCUT2D eigenvalue weighted by atomic mass is 16.6. The Morgan fingerprint density at radius 1 is 1.67 bits per heavy atom. The van der Waals surface area contributed by atoms with Gasteiger partial charge in [-0.25, -0.2) is 0 Å². The van der Waals surface area contributed by atoms with Crippen molar-refractivity contribution in [3.05, 3.63) is 16.3 Å². The van der Waals surface area contributed by atoms with E-state index in [1.807, 2.05) is 20.8 Å². The highest BCUT2D eigenvalue weighted by Crippen LogP contribution is 2.22. The fourth-order valence-electron chi connectivity index (χ4n) is 1.14. The topological polar surface area (TPSA) is 73.0 Å². The zero-order valence-corrected chi connectivity index (χ0v) is 9.23. The maximum Gasteiger partial charge on any atom is 0.330 e. The van der Waals surface area contributed by atoms with Gasteiger partial charge >= 0.3 is 5.69 Å². The molecule has 15 heavy (non-hydrogen) atoms. The van der Waals surface area contributed by atoms with E-state index in [1.165, 1.54) is 6.20 Å². The van der Waals surface area contributed by atoms with Crippen LogP contribution in [-0.2, 0) is 6.54 Å². The minimum Gasteiger partial charge on any atom is -0.360 e. The Morgan fingerprint density at radius 3 is 2.80 bits per heavy atom. The second-order valence-corrected chi connectivity index (χ2v) is 3.43. The highest BCUT2D eigenvalue weighted by Gasteiger charge is 2.19. The molecule has 0 fully saturated rings. The molecule has 0 aliphatic carbocycles. The summed E-state index contributed by atoms with van der Waals surface area (Å²) in [6.45, 7) is 6.50. The third-order valence-electron chi connectivity index (χ3n) is 2.26. The van der Waals surface area contributed by atoms with E-state index < -0.39 is 4.92 Å². The lowest BCUT2D eigenvalue weighted by Crippen LogP contribution is -2.14. The molecule has 0 radical (unpaired) electrons. The first kappa shape index (κ1) is 11.5. The summed E-state index contributed by atoms with van der Waals surface area (Å²) in [5.41, 5.74) is 0.0390. The van der Waals surface area contributed by atoms with Gasteiger partial charge in [0.05, 0.1) is 4.92 Å². The predicted octanol–water partition coefficient (Wildman–Crippen LogP) is 2.02. The molecule has 6 nitrogen and oxygen atoms in total. The number of aryl methyl sites for hydroxylation is 1. The third-order valence-corrected chi connectivity index (χ3v) is 2.26. The molecule has 0 saturated carbocycles. The molecule has 1 heterocycles. The molecule has 0 spiro atoms. The summed E-state index contributed by atoms with van der Waals surface area (Å²) in [5.74, 6) is 0.358. The van der Waals surface area contributed by atoms with Crippen LogP contribution in [0.25, 0.3) is 0 Å². The van der Waals surface area contributed by atoms with Crippen LogP contribution in [0.15, 0.2) is 6.20 Å². The summed E-state index contributed by atoms with van der Waals surface area (Å²) in [7, 11) is 0. The molecule has 0 aliphatic heterocycles. The molecule has 0 saturated heterocycles. The molecule has 0 amide bonds. The first-order valence-corrected chi connectivity index (χ1v) is 5.06. The van der Waals surface area contributed by atoms with E-state index in [9.17, 15) is 10.1 Å². The largest absolute Gasteiger partial charge is 0.360 e. The molecule has 1 aromatic rings. The lowest BCUT2D eigenvalue weighted by molar-refractivity contribution is -0.384. The van der Waals surface area contributed by atoms with Crippen LogP contribution in [0.5, 0.6) is 0 Å². The molecule has 0 aromatic carbocycles. The average Bonchev–Trinajstić information content (AvgIpc) is 2.61. The number of hydrogen-bond acceptors (Lipinski definition) is 4. The molecular formula is C9H16N4O2. The molecule has 1 rings (SSSR count). The summed E-state index contributed by atoms with van der Waals surface area (Å²) < 4.78 is 1.56. The third kappa shape index (κ3) is 2.68. The van der Waals surface area contributed by atoms with Gasteiger partial charge < -0.3 is 5.32 Å². The molecule has 1 aromatic heterocycles. The molecule has 1 N–H and O–H groups in total. The van der Waals surface area contributed by atoms with Gasteiger partial charge in [-0.05, 0) is 20.3 Å². The van der Waals surface area contributed by atoms with Crippen LogP contribution in [0.4, 0.5) is 11.5 Å². The smallest absolute Gasteiger partial charge is 0.330 e. The van der Waals surface area contributed by atoms with Crippen LogP contribution in [0, 0.1) is 10.1 Å². The van der Waals surface area contributed by atoms with Crippen LogP contribution >= 0.6 is 0 Å². The first-order valence-electron chi connectivity index (χ1n) is 5.06. The summed E-state index contributed by atoms with van der Waals surface area (Å²) >= 11 is 0. The molecule has 0 unspecified atom stereocenters. The van der Waals surface area contributed by atoms with Gasteiger partial charge in [-0.1, -0.05) is 6.92 Å². The number of nitrogens with one attached hydrogen (secondary N) is 1. The van der Waals surface area contributed by atoms with Crippen molar-refractivity contribution in [1.29, 1.82) is 0 Å². The number of nitro groups is 1. The molecule has 6 heteroatoms. The van der Waals surface area contributed by atoms with Gasteiger partial charge in [0, 0.05) is 12.6 Å². The van der Waals surface area contributed by atoms with Gasteiger partial charge in [0.1, 0.15) is 6.20 Å². The Kier molecular flexibility index (Phi) is 3.65. The maximum atomic E-state index is 10.7. The maximum absolute atomic E-state index is 10.7. The predicted molar refractivity (Wildman–Crippen MR) is 57.9 cm³/mol. The van der Waals surface area contributed by atoms with Crippen molar-refractivity contribution < 1.29 is 4.92 Å². The van der Waals surface area contributed by atoms with Crippen molar-refractivity contribution in [3.8, 4) is 0 Å². The zero-order chi connectivity index (χ0) is 11.4. The zero-order valence-electron chi connectivity index (χ0n) is 9.23. The molecule has 1 atom stereocenters. The van der Waals surface area contributed by atoms with Crippen LogP contribution in [0.3, 0.4) is 0 Å². The van der Waals surface area contributed by atoms with Crippen molar-refractivity contribution >= 4 is 11.5 Å². The van der Waals surface area contributed by atoms with Crippen molar-refractivity contribution in [3.63, 3.8) is 0 Å². The summed E-state index contributed by atoms with van der Waals surface area (Å²) in [6.07, 6.45) is 2.35. The fraction of sp³-hybridized carbons (Fsp3) is 0.667. The highest BCUT2D eigenvalue weighted by molar-refractivity contribution is 5.54. The molecule has 0 bridgehead atoms. The van der Waals surface area contributed by atoms with E-state index in [0.29, 0.717) is 12.4 Å². The van der Waals surface area contributed by atoms with Crippen LogP contribution < -0.4 is 5.32 Å². The Hall–Kier alpha value is -1.59. The second-order valence-electron chi connectivity index (χ2n) is 3.43. The van der Waals surface area contributed by atoms with Gasteiger partial charge in [-0.3, -0.25) is 14.8 Å². The van der Waals surface area contributed by atoms with Crippen molar-refractivity contribution in [2.75, 3.05) is 5.32 Å². The monoisotopic (exact) mass is 212 g/mol. The van der Waals surface area contributed by atoms with E-state index in [0.717, 1.165) is 6.42 Å². The van der Waals surface area contributed by atoms with Crippen LogP contribution in [-0.4, -0.2) is 20.7 Å². The van der Waals surface area contributed by atoms with E-state index in [4.69, 9.17) is 0 Å². The van der Waals surface area contributed by atoms with Gasteiger partial charge in [0.2, 0.25) is 5.82 Å². The van der Waals surface area contributed by atoms with E-state index in [1.54, 1.807) is 4.68 Å². The SMILES string of the molecule is CC[C@H](C)Nc1nn(CC)cc1[N+](=O)[O-]. The van der Waals surface area contributed by atoms with Crippen molar-refractivity contribution in [2.24, 2.45) is 0 Å². The van der Waals surface area contributed by atoms with Crippen molar-refractivity contribution in [1.82, 2.24) is 9.78 Å². The number of anilines is 1. The summed E-state index contributed by atoms with van der Waals surface area (Å²) in [4.78, 5) is 10.3. The quantitative estimate of drug-likeness (QED) is 0.598. The summed E-state index contributed by atoms with van der Waals surface area (Å²) in [5, 5.41) is 17.9. The average molecular weight is 212 g/mol. The van der Waals surface area contributed by atoms with E-state index >= 15 is 0 Å². The molecule has 0 aliphatic rings. The lowest BCUT2D eigenvalue weighted by atomic mass is 10.2. The number of aromatic nitrogens is 2.